The Hall–Kier alpha value is -2.30. The molecule has 0 aliphatic carbocycles. The standard InChI is InChI=1S/C21H18Cl2N2O2/c1-12-8-19(26)25(2)11-17(13-4-3-5-14(22)9-13)21(12)16-7-6-15(23)10-18(16)24-20(21)27/h3-7,9-10,17H,1,8,11H2,2H3,(H,24,27)/t17-,21-/m0/s1. The molecule has 0 radical (unpaired) electrons. The summed E-state index contributed by atoms with van der Waals surface area (Å²) >= 11 is 12.4. The van der Waals surface area contributed by atoms with E-state index >= 15 is 0 Å². The van der Waals surface area contributed by atoms with Crippen LogP contribution in [0.25, 0.3) is 0 Å². The van der Waals surface area contributed by atoms with Gasteiger partial charge in [-0.3, -0.25) is 9.59 Å². The minimum Gasteiger partial charge on any atom is -0.345 e. The van der Waals surface area contributed by atoms with Crippen LogP contribution >= 0.6 is 23.2 Å². The van der Waals surface area contributed by atoms with Gasteiger partial charge in [-0.25, -0.2) is 0 Å². The van der Waals surface area contributed by atoms with Crippen molar-refractivity contribution in [2.75, 3.05) is 18.9 Å². The number of nitrogens with zero attached hydrogens (tertiary/aromatic N) is 1. The Morgan fingerprint density at radius 2 is 1.89 bits per heavy atom. The van der Waals surface area contributed by atoms with E-state index in [2.05, 4.69) is 11.9 Å². The minimum absolute atomic E-state index is 0.0564. The second kappa shape index (κ2) is 6.39. The summed E-state index contributed by atoms with van der Waals surface area (Å²) in [4.78, 5) is 27.6. The summed E-state index contributed by atoms with van der Waals surface area (Å²) in [6, 6.07) is 12.8. The van der Waals surface area contributed by atoms with Crippen molar-refractivity contribution >= 4 is 40.7 Å². The first-order valence-electron chi connectivity index (χ1n) is 8.63. The van der Waals surface area contributed by atoms with Crippen LogP contribution in [0.2, 0.25) is 10.0 Å². The fraction of sp³-hybridized carbons (Fsp3) is 0.238. The van der Waals surface area contributed by atoms with Crippen LogP contribution < -0.4 is 5.32 Å². The van der Waals surface area contributed by atoms with Crippen LogP contribution in [0.5, 0.6) is 0 Å². The topological polar surface area (TPSA) is 49.4 Å². The number of anilines is 1. The monoisotopic (exact) mass is 400 g/mol. The number of nitrogens with one attached hydrogen (secondary N) is 1. The number of likely N-dealkylation sites (tertiary alicyclic amines) is 1. The van der Waals surface area contributed by atoms with E-state index in [0.29, 0.717) is 27.9 Å². The first kappa shape index (κ1) is 18.1. The number of hydrogen-bond donors (Lipinski definition) is 1. The smallest absolute Gasteiger partial charge is 0.239 e. The predicted octanol–water partition coefficient (Wildman–Crippen LogP) is 4.39. The van der Waals surface area contributed by atoms with Gasteiger partial charge in [-0.2, -0.15) is 0 Å². The lowest BCUT2D eigenvalue weighted by atomic mass is 9.64. The Labute approximate surface area is 167 Å². The number of likely N-dealkylation sites (N-methyl/N-ethyl adjacent to an activating group) is 1. The van der Waals surface area contributed by atoms with Crippen LogP contribution in [0.15, 0.2) is 54.6 Å². The number of rotatable bonds is 1. The van der Waals surface area contributed by atoms with Crippen molar-refractivity contribution in [3.63, 3.8) is 0 Å². The van der Waals surface area contributed by atoms with E-state index in [-0.39, 0.29) is 24.2 Å². The highest BCUT2D eigenvalue weighted by atomic mass is 35.5. The molecule has 27 heavy (non-hydrogen) atoms. The van der Waals surface area contributed by atoms with Gasteiger partial charge >= 0.3 is 0 Å². The Bertz CT molecular complexity index is 988. The van der Waals surface area contributed by atoms with Crippen LogP contribution in [-0.2, 0) is 15.0 Å². The van der Waals surface area contributed by atoms with Gasteiger partial charge in [-0.1, -0.05) is 48.0 Å². The van der Waals surface area contributed by atoms with Crippen molar-refractivity contribution in [2.45, 2.75) is 17.8 Å². The third-order valence-corrected chi connectivity index (χ3v) is 6.06. The Kier molecular flexibility index (Phi) is 4.28. The number of carbonyl (C=O) groups excluding carboxylic acids is 2. The molecule has 0 aromatic heterocycles. The van der Waals surface area contributed by atoms with Gasteiger partial charge in [-0.05, 0) is 41.0 Å². The Morgan fingerprint density at radius 3 is 2.63 bits per heavy atom. The van der Waals surface area contributed by atoms with Crippen LogP contribution in [0, 0.1) is 0 Å². The number of carbonyl (C=O) groups is 2. The van der Waals surface area contributed by atoms with Crippen molar-refractivity contribution < 1.29 is 9.59 Å². The summed E-state index contributed by atoms with van der Waals surface area (Å²) in [6.45, 7) is 4.57. The van der Waals surface area contributed by atoms with Gasteiger partial charge < -0.3 is 10.2 Å². The van der Waals surface area contributed by atoms with E-state index in [1.807, 2.05) is 24.3 Å². The molecule has 0 saturated carbocycles. The Balaban J connectivity index is 2.01. The lowest BCUT2D eigenvalue weighted by Crippen LogP contribution is -2.44. The molecular formula is C21H18Cl2N2O2. The molecule has 4 rings (SSSR count). The maximum absolute atomic E-state index is 13.4. The van der Waals surface area contributed by atoms with Gasteiger partial charge in [-0.15, -0.1) is 0 Å². The normalized spacial score (nSPS) is 24.8. The highest BCUT2D eigenvalue weighted by molar-refractivity contribution is 6.31. The van der Waals surface area contributed by atoms with Crippen LogP contribution in [0.3, 0.4) is 0 Å². The fourth-order valence-corrected chi connectivity index (χ4v) is 4.67. The van der Waals surface area contributed by atoms with Gasteiger partial charge in [0.1, 0.15) is 5.41 Å². The highest BCUT2D eigenvalue weighted by Crippen LogP contribution is 2.54. The zero-order valence-corrected chi connectivity index (χ0v) is 16.3. The molecular weight excluding hydrogens is 383 g/mol. The Morgan fingerprint density at radius 1 is 1.15 bits per heavy atom. The summed E-state index contributed by atoms with van der Waals surface area (Å²) in [5.41, 5.74) is 1.89. The van der Waals surface area contributed by atoms with Gasteiger partial charge in [0.15, 0.2) is 0 Å². The molecule has 1 N–H and O–H groups in total. The van der Waals surface area contributed by atoms with E-state index in [9.17, 15) is 9.59 Å². The number of benzene rings is 2. The van der Waals surface area contributed by atoms with Gasteiger partial charge in [0.25, 0.3) is 0 Å². The van der Waals surface area contributed by atoms with Crippen LogP contribution in [0.4, 0.5) is 5.69 Å². The first-order chi connectivity index (χ1) is 12.8. The summed E-state index contributed by atoms with van der Waals surface area (Å²) < 4.78 is 0. The van der Waals surface area contributed by atoms with Crippen LogP contribution in [-0.4, -0.2) is 30.3 Å². The number of fused-ring (bicyclic) bond motifs is 2. The van der Waals surface area contributed by atoms with E-state index in [0.717, 1.165) is 11.1 Å². The maximum Gasteiger partial charge on any atom is 0.239 e. The third-order valence-electron chi connectivity index (χ3n) is 5.59. The molecule has 2 aromatic rings. The zero-order valence-electron chi connectivity index (χ0n) is 14.8. The van der Waals surface area contributed by atoms with Crippen molar-refractivity contribution in [1.82, 2.24) is 4.90 Å². The van der Waals surface area contributed by atoms with Gasteiger partial charge in [0, 0.05) is 41.7 Å². The number of hydrogen-bond acceptors (Lipinski definition) is 2. The minimum atomic E-state index is -1.05. The van der Waals surface area contributed by atoms with Crippen molar-refractivity contribution in [1.29, 1.82) is 0 Å². The molecule has 6 heteroatoms. The summed E-state index contributed by atoms with van der Waals surface area (Å²) in [5, 5.41) is 4.08. The second-order valence-corrected chi connectivity index (χ2v) is 7.99. The zero-order chi connectivity index (χ0) is 19.3. The summed E-state index contributed by atoms with van der Waals surface area (Å²) in [7, 11) is 1.75. The van der Waals surface area contributed by atoms with E-state index in [1.165, 1.54) is 0 Å². The summed E-state index contributed by atoms with van der Waals surface area (Å²) in [6.07, 6.45) is 0.114. The highest BCUT2D eigenvalue weighted by Gasteiger charge is 2.56. The molecule has 2 atom stereocenters. The lowest BCUT2D eigenvalue weighted by Gasteiger charge is -2.36. The second-order valence-electron chi connectivity index (χ2n) is 7.11. The van der Waals surface area contributed by atoms with Crippen molar-refractivity contribution in [3.05, 3.63) is 75.8 Å². The van der Waals surface area contributed by atoms with E-state index in [1.54, 1.807) is 30.1 Å². The van der Waals surface area contributed by atoms with Crippen LogP contribution in [0.1, 0.15) is 23.5 Å². The molecule has 1 saturated heterocycles. The molecule has 1 spiro atoms. The predicted molar refractivity (Wildman–Crippen MR) is 107 cm³/mol. The summed E-state index contributed by atoms with van der Waals surface area (Å²) in [5.74, 6) is -0.556. The average Bonchev–Trinajstić information content (AvgIpc) is 2.85. The van der Waals surface area contributed by atoms with Gasteiger partial charge in [0.2, 0.25) is 11.8 Å². The number of amides is 2. The molecule has 0 bridgehead atoms. The third kappa shape index (κ3) is 2.67. The number of halogens is 2. The van der Waals surface area contributed by atoms with E-state index < -0.39 is 5.41 Å². The molecule has 2 amide bonds. The molecule has 138 valence electrons. The molecule has 2 aliphatic rings. The molecule has 0 unspecified atom stereocenters. The quantitative estimate of drug-likeness (QED) is 0.721. The average molecular weight is 401 g/mol. The molecule has 4 nitrogen and oxygen atoms in total. The first-order valence-corrected chi connectivity index (χ1v) is 9.38. The molecule has 2 heterocycles. The molecule has 1 fully saturated rings. The molecule has 2 aromatic carbocycles. The van der Waals surface area contributed by atoms with Crippen molar-refractivity contribution in [2.24, 2.45) is 0 Å². The molecule has 2 aliphatic heterocycles. The maximum atomic E-state index is 13.4. The SMILES string of the molecule is C=C1CC(=O)N(C)C[C@@H](c2cccc(Cl)c2)[C@]12C(=O)Nc1cc(Cl)ccc12. The largest absolute Gasteiger partial charge is 0.345 e. The van der Waals surface area contributed by atoms with E-state index in [4.69, 9.17) is 23.2 Å². The fourth-order valence-electron chi connectivity index (χ4n) is 4.30. The van der Waals surface area contributed by atoms with Crippen molar-refractivity contribution in [3.8, 4) is 0 Å². The lowest BCUT2D eigenvalue weighted by molar-refractivity contribution is -0.129. The van der Waals surface area contributed by atoms with Gasteiger partial charge in [0.05, 0.1) is 0 Å².